The number of ether oxygens (including phenoxy) is 2. The molecule has 1 N–H and O–H groups in total. The van der Waals surface area contributed by atoms with Crippen molar-refractivity contribution >= 4 is 22.6 Å². The van der Waals surface area contributed by atoms with Crippen LogP contribution in [0, 0.1) is 5.41 Å². The van der Waals surface area contributed by atoms with Gasteiger partial charge in [-0.15, -0.1) is 0 Å². The Morgan fingerprint density at radius 3 is 2.52 bits per heavy atom. The molecular formula is C16H24N2O2S. The largest absolute Gasteiger partial charge is 0.493 e. The van der Waals surface area contributed by atoms with E-state index in [1.54, 1.807) is 26.0 Å². The molecule has 2 rings (SSSR count). The summed E-state index contributed by atoms with van der Waals surface area (Å²) in [5.74, 6) is 2.55. The van der Waals surface area contributed by atoms with Crippen molar-refractivity contribution in [2.45, 2.75) is 33.2 Å². The summed E-state index contributed by atoms with van der Waals surface area (Å²) in [5, 5.41) is 4.37. The highest BCUT2D eigenvalue weighted by Crippen LogP contribution is 2.33. The third kappa shape index (κ3) is 4.06. The first-order valence-corrected chi connectivity index (χ1v) is 8.12. The van der Waals surface area contributed by atoms with Gasteiger partial charge in [-0.1, -0.05) is 32.5 Å². The van der Waals surface area contributed by atoms with Crippen LogP contribution < -0.4 is 14.8 Å². The second kappa shape index (κ2) is 6.60. The lowest BCUT2D eigenvalue weighted by Gasteiger charge is -2.31. The molecule has 0 saturated heterocycles. The zero-order valence-corrected chi connectivity index (χ0v) is 14.2. The fourth-order valence-electron chi connectivity index (χ4n) is 2.24. The number of nitrogens with zero attached hydrogens (tertiary/aromatic N) is 1. The lowest BCUT2D eigenvalue weighted by atomic mass is 9.85. The van der Waals surface area contributed by atoms with Crippen molar-refractivity contribution in [2.75, 3.05) is 25.3 Å². The minimum Gasteiger partial charge on any atom is -0.493 e. The van der Waals surface area contributed by atoms with Crippen LogP contribution in [0.25, 0.3) is 0 Å². The Balaban J connectivity index is 2.16. The van der Waals surface area contributed by atoms with Crippen molar-refractivity contribution in [3.63, 3.8) is 0 Å². The monoisotopic (exact) mass is 308 g/mol. The molecule has 0 fully saturated rings. The molecule has 1 heterocycles. The number of methoxy groups -OCH3 is 2. The van der Waals surface area contributed by atoms with E-state index < -0.39 is 0 Å². The molecule has 1 aromatic carbocycles. The Bertz CT molecular complexity index is 523. The van der Waals surface area contributed by atoms with E-state index in [4.69, 9.17) is 14.5 Å². The highest BCUT2D eigenvalue weighted by Gasteiger charge is 2.27. The zero-order valence-electron chi connectivity index (χ0n) is 13.4. The van der Waals surface area contributed by atoms with Gasteiger partial charge in [0, 0.05) is 17.5 Å². The second-order valence-corrected chi connectivity index (χ2v) is 7.23. The van der Waals surface area contributed by atoms with Crippen molar-refractivity contribution in [2.24, 2.45) is 10.4 Å². The third-order valence-electron chi connectivity index (χ3n) is 3.54. The highest BCUT2D eigenvalue weighted by molar-refractivity contribution is 8.14. The molecule has 1 aliphatic heterocycles. The van der Waals surface area contributed by atoms with E-state index >= 15 is 0 Å². The van der Waals surface area contributed by atoms with Gasteiger partial charge in [0.15, 0.2) is 16.7 Å². The first-order chi connectivity index (χ1) is 9.94. The van der Waals surface area contributed by atoms with Gasteiger partial charge in [0.25, 0.3) is 0 Å². The van der Waals surface area contributed by atoms with Gasteiger partial charge in [0.1, 0.15) is 0 Å². The number of nitrogens with one attached hydrogen (secondary N) is 1. The topological polar surface area (TPSA) is 42.8 Å². The van der Waals surface area contributed by atoms with Crippen LogP contribution in [0.5, 0.6) is 11.5 Å². The van der Waals surface area contributed by atoms with Gasteiger partial charge in [-0.3, -0.25) is 4.99 Å². The summed E-state index contributed by atoms with van der Waals surface area (Å²) in [6.07, 6.45) is 1.13. The van der Waals surface area contributed by atoms with Crippen molar-refractivity contribution in [3.8, 4) is 11.5 Å². The number of benzene rings is 1. The predicted octanol–water partition coefficient (Wildman–Crippen LogP) is 4.02. The van der Waals surface area contributed by atoms with Crippen LogP contribution in [0.1, 0.15) is 27.2 Å². The van der Waals surface area contributed by atoms with Gasteiger partial charge in [-0.25, -0.2) is 0 Å². The Hall–Kier alpha value is -1.36. The van der Waals surface area contributed by atoms with E-state index in [0.717, 1.165) is 34.5 Å². The average Bonchev–Trinajstić information content (AvgIpc) is 2.46. The van der Waals surface area contributed by atoms with E-state index in [2.05, 4.69) is 26.1 Å². The lowest BCUT2D eigenvalue weighted by Crippen LogP contribution is -2.30. The summed E-state index contributed by atoms with van der Waals surface area (Å²) >= 11 is 1.77. The van der Waals surface area contributed by atoms with Gasteiger partial charge in [0.05, 0.1) is 20.3 Å². The number of hydrogen-bond acceptors (Lipinski definition) is 5. The molecule has 1 aromatic rings. The molecule has 0 radical (unpaired) electrons. The van der Waals surface area contributed by atoms with Crippen LogP contribution in [0.3, 0.4) is 0 Å². The molecule has 0 spiro atoms. The maximum absolute atomic E-state index is 5.33. The Kier molecular flexibility index (Phi) is 5.04. The molecule has 1 unspecified atom stereocenters. The summed E-state index contributed by atoms with van der Waals surface area (Å²) < 4.78 is 10.6. The van der Waals surface area contributed by atoms with E-state index in [-0.39, 0.29) is 5.41 Å². The van der Waals surface area contributed by atoms with Crippen molar-refractivity contribution in [1.29, 1.82) is 0 Å². The highest BCUT2D eigenvalue weighted by atomic mass is 32.2. The van der Waals surface area contributed by atoms with E-state index in [1.807, 2.05) is 18.2 Å². The van der Waals surface area contributed by atoms with Gasteiger partial charge in [-0.2, -0.15) is 0 Å². The number of thioether (sulfide) groups is 1. The summed E-state index contributed by atoms with van der Waals surface area (Å²) in [4.78, 5) is 4.84. The first kappa shape index (κ1) is 16.0. The van der Waals surface area contributed by atoms with Crippen molar-refractivity contribution in [3.05, 3.63) is 18.2 Å². The van der Waals surface area contributed by atoms with Crippen molar-refractivity contribution in [1.82, 2.24) is 0 Å². The smallest absolute Gasteiger partial charge is 0.162 e. The first-order valence-electron chi connectivity index (χ1n) is 7.13. The number of hydrogen-bond donors (Lipinski definition) is 1. The molecule has 1 aliphatic rings. The quantitative estimate of drug-likeness (QED) is 0.915. The molecule has 1 atom stereocenters. The van der Waals surface area contributed by atoms with Crippen LogP contribution in [0.2, 0.25) is 0 Å². The van der Waals surface area contributed by atoms with E-state index in [1.165, 1.54) is 0 Å². The Morgan fingerprint density at radius 2 is 1.90 bits per heavy atom. The summed E-state index contributed by atoms with van der Waals surface area (Å²) in [7, 11) is 3.28. The van der Waals surface area contributed by atoms with E-state index in [9.17, 15) is 0 Å². The summed E-state index contributed by atoms with van der Waals surface area (Å²) in [6.45, 7) is 6.72. The maximum Gasteiger partial charge on any atom is 0.162 e. The second-order valence-electron chi connectivity index (χ2n) is 6.15. The van der Waals surface area contributed by atoms with Crippen molar-refractivity contribution < 1.29 is 9.47 Å². The minimum atomic E-state index is 0.200. The molecule has 5 heteroatoms. The number of aliphatic imine (C=N–C) groups is 1. The molecule has 0 aliphatic carbocycles. The molecule has 21 heavy (non-hydrogen) atoms. The molecular weight excluding hydrogens is 284 g/mol. The number of rotatable bonds is 3. The SMILES string of the molecule is COc1ccc(NC2=NC(C(C)(C)C)CCS2)cc1OC. The fourth-order valence-corrected chi connectivity index (χ4v) is 3.17. The molecule has 0 bridgehead atoms. The normalized spacial score (nSPS) is 18.9. The standard InChI is InChI=1S/C16H24N2O2S/c1-16(2,3)14-8-9-21-15(18-14)17-11-6-7-12(19-4)13(10-11)20-5/h6-7,10,14H,8-9H2,1-5H3,(H,17,18). The van der Waals surface area contributed by atoms with Gasteiger partial charge in [-0.05, 0) is 24.0 Å². The van der Waals surface area contributed by atoms with Crippen LogP contribution in [0.15, 0.2) is 23.2 Å². The molecule has 116 valence electrons. The maximum atomic E-state index is 5.33. The van der Waals surface area contributed by atoms with Gasteiger partial charge < -0.3 is 14.8 Å². The Morgan fingerprint density at radius 1 is 1.19 bits per heavy atom. The number of amidine groups is 1. The fraction of sp³-hybridized carbons (Fsp3) is 0.562. The number of anilines is 1. The van der Waals surface area contributed by atoms with Gasteiger partial charge in [0.2, 0.25) is 0 Å². The third-order valence-corrected chi connectivity index (χ3v) is 4.46. The lowest BCUT2D eigenvalue weighted by molar-refractivity contribution is 0.316. The van der Waals surface area contributed by atoms with Crippen LogP contribution in [0.4, 0.5) is 5.69 Å². The molecule has 0 aromatic heterocycles. The van der Waals surface area contributed by atoms with Gasteiger partial charge >= 0.3 is 0 Å². The average molecular weight is 308 g/mol. The van der Waals surface area contributed by atoms with Crippen LogP contribution in [-0.2, 0) is 0 Å². The molecule has 0 amide bonds. The van der Waals surface area contributed by atoms with E-state index in [0.29, 0.717) is 6.04 Å². The molecule has 0 saturated carbocycles. The van der Waals surface area contributed by atoms with Crippen LogP contribution >= 0.6 is 11.8 Å². The minimum absolute atomic E-state index is 0.200. The summed E-state index contributed by atoms with van der Waals surface area (Å²) in [5.41, 5.74) is 1.17. The zero-order chi connectivity index (χ0) is 15.5. The molecule has 4 nitrogen and oxygen atoms in total. The van der Waals surface area contributed by atoms with Crippen LogP contribution in [-0.4, -0.2) is 31.2 Å². The Labute approximate surface area is 131 Å². The summed E-state index contributed by atoms with van der Waals surface area (Å²) in [6, 6.07) is 6.17. The predicted molar refractivity (Wildman–Crippen MR) is 90.9 cm³/mol.